The Hall–Kier alpha value is -2.38. The molecule has 2 heterocycles. The summed E-state index contributed by atoms with van der Waals surface area (Å²) in [6.07, 6.45) is 6.75. The van der Waals surface area contributed by atoms with Crippen LogP contribution in [0.3, 0.4) is 0 Å². The highest BCUT2D eigenvalue weighted by atomic mass is 35.5. The molecule has 1 aliphatic rings. The van der Waals surface area contributed by atoms with Gasteiger partial charge in [0.05, 0.1) is 24.5 Å². The molecule has 32 heavy (non-hydrogen) atoms. The van der Waals surface area contributed by atoms with Crippen molar-refractivity contribution >= 4 is 29.2 Å². The first-order valence-electron chi connectivity index (χ1n) is 10.5. The lowest BCUT2D eigenvalue weighted by molar-refractivity contribution is -0.224. The van der Waals surface area contributed by atoms with Crippen LogP contribution in [0.15, 0.2) is 67.3 Å². The van der Waals surface area contributed by atoms with E-state index in [4.69, 9.17) is 37.4 Å². The quantitative estimate of drug-likeness (QED) is 0.391. The molecule has 0 radical (unpaired) electrons. The Bertz CT molecular complexity index is 1010. The smallest absolute Gasteiger partial charge is 0.338 e. The zero-order valence-corrected chi connectivity index (χ0v) is 18.9. The third-order valence-electron chi connectivity index (χ3n) is 5.28. The van der Waals surface area contributed by atoms with E-state index >= 15 is 0 Å². The Morgan fingerprint density at radius 2 is 2.03 bits per heavy atom. The molecule has 1 aromatic heterocycles. The van der Waals surface area contributed by atoms with Gasteiger partial charge in [-0.2, -0.15) is 0 Å². The predicted octanol–water partition coefficient (Wildman–Crippen LogP) is 5.70. The fourth-order valence-corrected chi connectivity index (χ4v) is 4.19. The molecular weight excluding hydrogens is 451 g/mol. The normalized spacial score (nSPS) is 19.4. The van der Waals surface area contributed by atoms with Crippen molar-refractivity contribution in [3.8, 4) is 0 Å². The molecule has 8 heteroatoms. The monoisotopic (exact) mass is 474 g/mol. The molecule has 0 bridgehead atoms. The molecule has 1 unspecified atom stereocenters. The lowest BCUT2D eigenvalue weighted by Crippen LogP contribution is -2.34. The summed E-state index contributed by atoms with van der Waals surface area (Å²) in [6, 6.07) is 14.3. The van der Waals surface area contributed by atoms with E-state index in [0.717, 1.165) is 24.8 Å². The molecule has 0 aliphatic carbocycles. The Labute approximate surface area is 197 Å². The van der Waals surface area contributed by atoms with E-state index in [1.165, 1.54) is 0 Å². The first-order chi connectivity index (χ1) is 15.6. The third kappa shape index (κ3) is 6.11. The van der Waals surface area contributed by atoms with Crippen LogP contribution in [-0.4, -0.2) is 34.5 Å². The Kier molecular flexibility index (Phi) is 7.81. The molecule has 1 saturated heterocycles. The van der Waals surface area contributed by atoms with Crippen molar-refractivity contribution in [2.45, 2.75) is 44.3 Å². The van der Waals surface area contributed by atoms with Crippen molar-refractivity contribution in [3.63, 3.8) is 0 Å². The maximum absolute atomic E-state index is 12.2. The second kappa shape index (κ2) is 11.0. The average molecular weight is 475 g/mol. The average Bonchev–Trinajstić information content (AvgIpc) is 3.31. The van der Waals surface area contributed by atoms with Crippen LogP contribution in [0.1, 0.15) is 41.3 Å². The van der Waals surface area contributed by atoms with Crippen LogP contribution in [0, 0.1) is 0 Å². The van der Waals surface area contributed by atoms with E-state index in [1.54, 1.807) is 48.9 Å². The largest absolute Gasteiger partial charge is 0.459 e. The summed E-state index contributed by atoms with van der Waals surface area (Å²) in [6.45, 7) is 0.705. The van der Waals surface area contributed by atoms with Crippen LogP contribution in [0.25, 0.3) is 0 Å². The van der Waals surface area contributed by atoms with E-state index in [9.17, 15) is 4.79 Å². The Balaban J connectivity index is 1.39. The highest BCUT2D eigenvalue weighted by molar-refractivity contribution is 6.35. The van der Waals surface area contributed by atoms with Crippen molar-refractivity contribution < 1.29 is 19.0 Å². The molecule has 0 saturated carbocycles. The molecule has 0 spiro atoms. The fraction of sp³-hybridized carbons (Fsp3) is 0.333. The molecule has 3 aromatic rings. The van der Waals surface area contributed by atoms with Crippen molar-refractivity contribution in [1.82, 2.24) is 9.55 Å². The highest BCUT2D eigenvalue weighted by Gasteiger charge is 2.28. The zero-order chi connectivity index (χ0) is 22.3. The van der Waals surface area contributed by atoms with E-state index in [0.29, 0.717) is 22.2 Å². The number of carbonyl (C=O) groups is 1. The van der Waals surface area contributed by atoms with E-state index in [-0.39, 0.29) is 24.8 Å². The Morgan fingerprint density at radius 1 is 1.19 bits per heavy atom. The summed E-state index contributed by atoms with van der Waals surface area (Å²) in [5.74, 6) is -0.358. The van der Waals surface area contributed by atoms with Crippen molar-refractivity contribution in [2.75, 3.05) is 6.61 Å². The molecule has 2 aromatic carbocycles. The zero-order valence-electron chi connectivity index (χ0n) is 17.4. The number of esters is 1. The summed E-state index contributed by atoms with van der Waals surface area (Å²) in [7, 11) is 0. The summed E-state index contributed by atoms with van der Waals surface area (Å²) in [5, 5.41) is 1.10. The van der Waals surface area contributed by atoms with Crippen LogP contribution in [0.4, 0.5) is 0 Å². The molecule has 1 aliphatic heterocycles. The van der Waals surface area contributed by atoms with Crippen LogP contribution >= 0.6 is 23.2 Å². The number of carbonyl (C=O) groups excluding carboxylic acids is 1. The minimum atomic E-state index is -0.440. The van der Waals surface area contributed by atoms with Gasteiger partial charge in [0.15, 0.2) is 6.29 Å². The third-order valence-corrected chi connectivity index (χ3v) is 5.84. The molecule has 6 nitrogen and oxygen atoms in total. The number of hydrogen-bond donors (Lipinski definition) is 0. The summed E-state index contributed by atoms with van der Waals surface area (Å²) in [5.41, 5.74) is 1.35. The van der Waals surface area contributed by atoms with Gasteiger partial charge in [-0.15, -0.1) is 0 Å². The summed E-state index contributed by atoms with van der Waals surface area (Å²) in [4.78, 5) is 16.3. The molecule has 0 amide bonds. The topological polar surface area (TPSA) is 62.6 Å². The first kappa shape index (κ1) is 22.8. The van der Waals surface area contributed by atoms with Gasteiger partial charge in [0.1, 0.15) is 12.7 Å². The number of benzene rings is 2. The lowest BCUT2D eigenvalue weighted by Gasteiger charge is -2.33. The van der Waals surface area contributed by atoms with Crippen molar-refractivity contribution in [3.05, 3.63) is 88.4 Å². The Morgan fingerprint density at radius 3 is 2.78 bits per heavy atom. The van der Waals surface area contributed by atoms with Gasteiger partial charge in [-0.05, 0) is 43.5 Å². The number of ether oxygens (including phenoxy) is 3. The van der Waals surface area contributed by atoms with Gasteiger partial charge in [-0.25, -0.2) is 9.78 Å². The van der Waals surface area contributed by atoms with Gasteiger partial charge in [0.2, 0.25) is 0 Å². The number of rotatable bonds is 8. The van der Waals surface area contributed by atoms with Gasteiger partial charge in [-0.3, -0.25) is 0 Å². The minimum Gasteiger partial charge on any atom is -0.459 e. The number of hydrogen-bond acceptors (Lipinski definition) is 5. The second-order valence-corrected chi connectivity index (χ2v) is 8.48. The molecule has 168 valence electrons. The summed E-state index contributed by atoms with van der Waals surface area (Å²) >= 11 is 12.5. The van der Waals surface area contributed by atoms with Gasteiger partial charge >= 0.3 is 5.97 Å². The number of imidazole rings is 1. The molecule has 0 N–H and O–H groups in total. The van der Waals surface area contributed by atoms with Crippen LogP contribution in [0.5, 0.6) is 0 Å². The molecule has 1 fully saturated rings. The predicted molar refractivity (Wildman–Crippen MR) is 122 cm³/mol. The van der Waals surface area contributed by atoms with Gasteiger partial charge in [0.25, 0.3) is 0 Å². The highest BCUT2D eigenvalue weighted by Crippen LogP contribution is 2.33. The van der Waals surface area contributed by atoms with Crippen LogP contribution in [-0.2, 0) is 20.8 Å². The number of halogens is 2. The minimum absolute atomic E-state index is 0.182. The maximum atomic E-state index is 12.2. The van der Waals surface area contributed by atoms with Crippen LogP contribution < -0.4 is 0 Å². The van der Waals surface area contributed by atoms with Crippen LogP contribution in [0.2, 0.25) is 10.0 Å². The SMILES string of the molecule is O=C(OC[C@H]1CCC[C@H](OC(Cn2ccnc2)c2ccc(Cl)cc2Cl)O1)c1ccccc1. The molecular formula is C24H24Cl2N2O4. The first-order valence-corrected chi connectivity index (χ1v) is 11.3. The molecule has 4 rings (SSSR count). The van der Waals surface area contributed by atoms with E-state index in [1.807, 2.05) is 22.9 Å². The second-order valence-electron chi connectivity index (χ2n) is 7.63. The van der Waals surface area contributed by atoms with E-state index < -0.39 is 6.29 Å². The van der Waals surface area contributed by atoms with Gasteiger partial charge in [0, 0.05) is 28.0 Å². The maximum Gasteiger partial charge on any atom is 0.338 e. The number of nitrogens with zero attached hydrogens (tertiary/aromatic N) is 2. The summed E-state index contributed by atoms with van der Waals surface area (Å²) < 4.78 is 19.9. The molecule has 3 atom stereocenters. The number of aromatic nitrogens is 2. The van der Waals surface area contributed by atoms with Gasteiger partial charge < -0.3 is 18.8 Å². The van der Waals surface area contributed by atoms with Crippen molar-refractivity contribution in [2.24, 2.45) is 0 Å². The van der Waals surface area contributed by atoms with Crippen molar-refractivity contribution in [1.29, 1.82) is 0 Å². The fourth-order valence-electron chi connectivity index (χ4n) is 3.66. The van der Waals surface area contributed by atoms with E-state index in [2.05, 4.69) is 4.98 Å². The van der Waals surface area contributed by atoms with Gasteiger partial charge in [-0.1, -0.05) is 47.5 Å². The standard InChI is InChI=1S/C24H24Cl2N2O4/c25-18-9-10-20(21(26)13-18)22(14-28-12-11-27-16-28)32-23-8-4-7-19(31-23)15-30-24(29)17-5-2-1-3-6-17/h1-3,5-6,9-13,16,19,22-23H,4,7-8,14-15H2/t19-,22?,23+/m1/s1. The lowest BCUT2D eigenvalue weighted by atomic mass is 10.1.